The molecule has 1 N–H and O–H groups in total. The minimum atomic E-state index is -0.0815. The monoisotopic (exact) mass is 396 g/mol. The second-order valence-electron chi connectivity index (χ2n) is 7.13. The van der Waals surface area contributed by atoms with Crippen LogP contribution in [-0.4, -0.2) is 46.9 Å². The Morgan fingerprint density at radius 2 is 2.17 bits per heavy atom. The number of likely N-dealkylation sites (tertiary alicyclic amines) is 1. The summed E-state index contributed by atoms with van der Waals surface area (Å²) in [7, 11) is 3.21. The Labute approximate surface area is 168 Å². The Hall–Kier alpha value is -3.29. The van der Waals surface area contributed by atoms with Gasteiger partial charge in [-0.3, -0.25) is 9.89 Å². The Bertz CT molecular complexity index is 1010. The van der Waals surface area contributed by atoms with Gasteiger partial charge in [0.1, 0.15) is 11.5 Å². The first-order valence-electron chi connectivity index (χ1n) is 9.58. The summed E-state index contributed by atoms with van der Waals surface area (Å²) in [6.45, 7) is 2.57. The summed E-state index contributed by atoms with van der Waals surface area (Å²) in [5.41, 5.74) is 3.33. The normalized spacial score (nSPS) is 16.2. The lowest BCUT2D eigenvalue weighted by molar-refractivity contribution is -0.131. The minimum absolute atomic E-state index is 0.0355. The number of nitrogens with zero attached hydrogens (tertiary/aromatic N) is 3. The predicted molar refractivity (Wildman–Crippen MR) is 106 cm³/mol. The molecule has 152 valence electrons. The Kier molecular flexibility index (Phi) is 5.24. The number of hydrogen-bond acceptors (Lipinski definition) is 6. The number of H-pyrrole nitrogens is 1. The van der Waals surface area contributed by atoms with Crippen molar-refractivity contribution in [2.24, 2.45) is 0 Å². The third kappa shape index (κ3) is 3.70. The van der Waals surface area contributed by atoms with Gasteiger partial charge in [0, 0.05) is 18.2 Å². The first kappa shape index (κ1) is 19.0. The van der Waals surface area contributed by atoms with E-state index in [-0.39, 0.29) is 18.4 Å². The molecule has 1 amide bonds. The topological polar surface area (TPSA) is 93.5 Å². The van der Waals surface area contributed by atoms with Crippen LogP contribution in [0, 0.1) is 6.92 Å². The zero-order chi connectivity index (χ0) is 20.4. The first-order chi connectivity index (χ1) is 14.1. The van der Waals surface area contributed by atoms with Crippen molar-refractivity contribution in [2.45, 2.75) is 32.2 Å². The number of nitrogens with one attached hydrogen (secondary N) is 1. The number of aryl methyl sites for hydroxylation is 1. The summed E-state index contributed by atoms with van der Waals surface area (Å²) in [5.74, 6) is 2.06. The van der Waals surface area contributed by atoms with Gasteiger partial charge >= 0.3 is 0 Å². The summed E-state index contributed by atoms with van der Waals surface area (Å²) < 4.78 is 16.1. The fourth-order valence-electron chi connectivity index (χ4n) is 3.89. The number of ether oxygens (including phenoxy) is 2. The summed E-state index contributed by atoms with van der Waals surface area (Å²) >= 11 is 0. The van der Waals surface area contributed by atoms with E-state index in [0.29, 0.717) is 23.8 Å². The van der Waals surface area contributed by atoms with Gasteiger partial charge in [0.15, 0.2) is 5.76 Å². The molecule has 2 aromatic heterocycles. The van der Waals surface area contributed by atoms with E-state index in [1.807, 2.05) is 36.1 Å². The summed E-state index contributed by atoms with van der Waals surface area (Å²) in [6.07, 6.45) is 3.76. The molecule has 4 rings (SSSR count). The molecule has 3 heterocycles. The molecule has 1 unspecified atom stereocenters. The number of carbonyl (C=O) groups excluding carboxylic acids is 1. The molecule has 1 aliphatic rings. The lowest BCUT2D eigenvalue weighted by Crippen LogP contribution is -2.32. The van der Waals surface area contributed by atoms with Gasteiger partial charge in [-0.1, -0.05) is 5.16 Å². The molecule has 0 bridgehead atoms. The molecule has 1 aromatic carbocycles. The zero-order valence-corrected chi connectivity index (χ0v) is 16.8. The van der Waals surface area contributed by atoms with Gasteiger partial charge in [0.05, 0.1) is 49.8 Å². The van der Waals surface area contributed by atoms with Crippen LogP contribution in [0.3, 0.4) is 0 Å². The van der Waals surface area contributed by atoms with Crippen molar-refractivity contribution in [1.29, 1.82) is 0 Å². The van der Waals surface area contributed by atoms with Crippen LogP contribution in [0.25, 0.3) is 11.3 Å². The van der Waals surface area contributed by atoms with Crippen molar-refractivity contribution in [3.05, 3.63) is 47.4 Å². The quantitative estimate of drug-likeness (QED) is 0.687. The van der Waals surface area contributed by atoms with Crippen LogP contribution in [0.1, 0.15) is 35.8 Å². The van der Waals surface area contributed by atoms with E-state index in [1.165, 1.54) is 0 Å². The average molecular weight is 396 g/mol. The Balaban J connectivity index is 1.58. The highest BCUT2D eigenvalue weighted by molar-refractivity contribution is 5.81. The smallest absolute Gasteiger partial charge is 0.227 e. The lowest BCUT2D eigenvalue weighted by Gasteiger charge is -2.25. The number of aromatic nitrogens is 3. The average Bonchev–Trinajstić information content (AvgIpc) is 3.47. The van der Waals surface area contributed by atoms with Gasteiger partial charge in [0.25, 0.3) is 0 Å². The maximum atomic E-state index is 13.2. The molecule has 1 fully saturated rings. The van der Waals surface area contributed by atoms with Gasteiger partial charge < -0.3 is 18.9 Å². The molecule has 29 heavy (non-hydrogen) atoms. The van der Waals surface area contributed by atoms with Crippen molar-refractivity contribution in [3.63, 3.8) is 0 Å². The zero-order valence-electron chi connectivity index (χ0n) is 16.8. The Morgan fingerprint density at radius 3 is 2.90 bits per heavy atom. The summed E-state index contributed by atoms with van der Waals surface area (Å²) in [4.78, 5) is 15.1. The Morgan fingerprint density at radius 1 is 1.31 bits per heavy atom. The van der Waals surface area contributed by atoms with Crippen molar-refractivity contribution >= 4 is 5.91 Å². The summed E-state index contributed by atoms with van der Waals surface area (Å²) in [6, 6.07) is 7.28. The van der Waals surface area contributed by atoms with E-state index in [2.05, 4.69) is 15.4 Å². The highest BCUT2D eigenvalue weighted by Gasteiger charge is 2.33. The predicted octanol–water partition coefficient (Wildman–Crippen LogP) is 3.30. The van der Waals surface area contributed by atoms with Gasteiger partial charge in [-0.2, -0.15) is 5.10 Å². The van der Waals surface area contributed by atoms with E-state index < -0.39 is 0 Å². The van der Waals surface area contributed by atoms with Crippen LogP contribution < -0.4 is 9.47 Å². The molecular weight excluding hydrogens is 372 g/mol. The molecule has 1 atom stereocenters. The van der Waals surface area contributed by atoms with Crippen molar-refractivity contribution in [1.82, 2.24) is 20.3 Å². The number of carbonyl (C=O) groups is 1. The van der Waals surface area contributed by atoms with E-state index in [0.717, 1.165) is 35.4 Å². The molecule has 0 spiro atoms. The highest BCUT2D eigenvalue weighted by Crippen LogP contribution is 2.37. The molecule has 0 saturated carbocycles. The maximum Gasteiger partial charge on any atom is 0.227 e. The van der Waals surface area contributed by atoms with E-state index in [1.54, 1.807) is 20.4 Å². The van der Waals surface area contributed by atoms with Crippen LogP contribution in [0.5, 0.6) is 11.5 Å². The molecule has 8 nitrogen and oxygen atoms in total. The fraction of sp³-hybridized carbons (Fsp3) is 0.381. The molecule has 0 radical (unpaired) electrons. The third-order valence-corrected chi connectivity index (χ3v) is 5.30. The van der Waals surface area contributed by atoms with E-state index in [4.69, 9.17) is 14.0 Å². The molecular formula is C21H24N4O4. The largest absolute Gasteiger partial charge is 0.497 e. The minimum Gasteiger partial charge on any atom is -0.497 e. The lowest BCUT2D eigenvalue weighted by atomic mass is 10.0. The van der Waals surface area contributed by atoms with E-state index >= 15 is 0 Å². The number of benzene rings is 1. The number of hydrogen-bond donors (Lipinski definition) is 1. The standard InChI is InChI=1S/C21H24N4O4/c1-13-9-19(29-24-13)16-12-22-23-21(16)17-5-4-8-25(17)20(26)11-14-10-15(27-2)6-7-18(14)28-3/h6-7,9-10,12,17H,4-5,8,11H2,1-3H3,(H,22,23). The number of rotatable bonds is 6. The van der Waals surface area contributed by atoms with Crippen LogP contribution in [0.4, 0.5) is 0 Å². The van der Waals surface area contributed by atoms with Crippen LogP contribution in [-0.2, 0) is 11.2 Å². The molecule has 1 saturated heterocycles. The van der Waals surface area contributed by atoms with Gasteiger partial charge in [-0.05, 0) is 38.0 Å². The highest BCUT2D eigenvalue weighted by atomic mass is 16.5. The molecule has 1 aliphatic heterocycles. The second-order valence-corrected chi connectivity index (χ2v) is 7.13. The van der Waals surface area contributed by atoms with Crippen LogP contribution in [0.2, 0.25) is 0 Å². The second kappa shape index (κ2) is 7.98. The molecule has 3 aromatic rings. The number of amides is 1. The van der Waals surface area contributed by atoms with Crippen molar-refractivity contribution in [2.75, 3.05) is 20.8 Å². The van der Waals surface area contributed by atoms with Gasteiger partial charge in [-0.15, -0.1) is 0 Å². The third-order valence-electron chi connectivity index (χ3n) is 5.30. The molecule has 8 heteroatoms. The number of methoxy groups -OCH3 is 2. The van der Waals surface area contributed by atoms with Crippen LogP contribution in [0.15, 0.2) is 35.0 Å². The maximum absolute atomic E-state index is 13.2. The van der Waals surface area contributed by atoms with Gasteiger partial charge in [-0.25, -0.2) is 0 Å². The fourth-order valence-corrected chi connectivity index (χ4v) is 3.89. The van der Waals surface area contributed by atoms with Crippen LogP contribution >= 0.6 is 0 Å². The van der Waals surface area contributed by atoms with Crippen molar-refractivity contribution in [3.8, 4) is 22.8 Å². The van der Waals surface area contributed by atoms with Crippen molar-refractivity contribution < 1.29 is 18.8 Å². The van der Waals surface area contributed by atoms with E-state index in [9.17, 15) is 4.79 Å². The van der Waals surface area contributed by atoms with Gasteiger partial charge in [0.2, 0.25) is 5.91 Å². The molecule has 0 aliphatic carbocycles. The SMILES string of the molecule is COc1ccc(OC)c(CC(=O)N2CCCC2c2[nH]ncc2-c2cc(C)no2)c1. The number of aromatic amines is 1. The first-order valence-corrected chi connectivity index (χ1v) is 9.58. The summed E-state index contributed by atoms with van der Waals surface area (Å²) in [5, 5.41) is 11.2.